The Morgan fingerprint density at radius 1 is 1.07 bits per heavy atom. The number of thioether (sulfide) groups is 1. The number of hydrogen-bond acceptors (Lipinski definition) is 7. The van der Waals surface area contributed by atoms with E-state index in [0.717, 1.165) is 11.3 Å². The largest absolute Gasteiger partial charge is 0.486 e. The van der Waals surface area contributed by atoms with Gasteiger partial charge in [0.05, 0.1) is 12.7 Å². The summed E-state index contributed by atoms with van der Waals surface area (Å²) in [5.41, 5.74) is 2.90. The quantitative estimate of drug-likeness (QED) is 0.347. The van der Waals surface area contributed by atoms with Crippen LogP contribution in [-0.2, 0) is 22.5 Å². The number of esters is 1. The fourth-order valence-corrected chi connectivity index (χ4v) is 3.54. The van der Waals surface area contributed by atoms with Crippen molar-refractivity contribution < 1.29 is 14.3 Å². The van der Waals surface area contributed by atoms with Gasteiger partial charge in [0.2, 0.25) is 5.16 Å². The lowest BCUT2D eigenvalue weighted by atomic mass is 9.87. The highest BCUT2D eigenvalue weighted by Crippen LogP contribution is 2.25. The van der Waals surface area contributed by atoms with Crippen LogP contribution in [0.3, 0.4) is 0 Å². The lowest BCUT2D eigenvalue weighted by Crippen LogP contribution is -2.16. The number of aromatic nitrogens is 3. The number of nitrogens with zero attached hydrogens (tertiary/aromatic N) is 3. The van der Waals surface area contributed by atoms with E-state index in [9.17, 15) is 4.79 Å². The van der Waals surface area contributed by atoms with Crippen LogP contribution in [0.25, 0.3) is 0 Å². The highest BCUT2D eigenvalue weighted by Gasteiger charge is 2.14. The molecule has 0 fully saturated rings. The fourth-order valence-electron chi connectivity index (χ4n) is 2.71. The van der Waals surface area contributed by atoms with Gasteiger partial charge < -0.3 is 15.3 Å². The molecule has 30 heavy (non-hydrogen) atoms. The zero-order chi connectivity index (χ0) is 21.7. The molecule has 0 atom stereocenters. The summed E-state index contributed by atoms with van der Waals surface area (Å²) in [5, 5.41) is 8.87. The number of benzene rings is 2. The van der Waals surface area contributed by atoms with Gasteiger partial charge in [0.25, 0.3) is 0 Å². The monoisotopic (exact) mass is 426 g/mol. The number of hydrogen-bond donors (Lipinski definition) is 1. The molecule has 2 aromatic carbocycles. The Morgan fingerprint density at radius 3 is 2.33 bits per heavy atom. The van der Waals surface area contributed by atoms with Crippen LogP contribution in [0.1, 0.15) is 48.1 Å². The number of nitrogens with two attached hydrogens (primary N) is 1. The zero-order valence-electron chi connectivity index (χ0n) is 17.6. The maximum atomic E-state index is 11.5. The molecule has 8 heteroatoms. The third-order valence-electron chi connectivity index (χ3n) is 4.57. The molecule has 1 aromatic heterocycles. The normalized spacial score (nSPS) is 11.3. The first-order chi connectivity index (χ1) is 14.3. The predicted octanol–water partition coefficient (Wildman–Crippen LogP) is 3.95. The van der Waals surface area contributed by atoms with Crippen molar-refractivity contribution in [3.05, 3.63) is 71.0 Å². The Bertz CT molecular complexity index is 993. The van der Waals surface area contributed by atoms with Gasteiger partial charge in [-0.15, -0.1) is 10.2 Å². The molecule has 3 rings (SSSR count). The third kappa shape index (κ3) is 5.33. The molecule has 0 aliphatic heterocycles. The minimum Gasteiger partial charge on any atom is -0.486 e. The molecule has 0 radical (unpaired) electrons. The van der Waals surface area contributed by atoms with Crippen molar-refractivity contribution in [1.82, 2.24) is 14.9 Å². The van der Waals surface area contributed by atoms with Crippen molar-refractivity contribution in [2.45, 2.75) is 43.7 Å². The first-order valence-corrected chi connectivity index (χ1v) is 10.5. The molecule has 0 saturated heterocycles. The van der Waals surface area contributed by atoms with E-state index < -0.39 is 0 Å². The third-order valence-corrected chi connectivity index (χ3v) is 5.58. The molecule has 0 spiro atoms. The van der Waals surface area contributed by atoms with E-state index in [1.54, 1.807) is 12.1 Å². The molecular formula is C22H26N4O3S. The van der Waals surface area contributed by atoms with Gasteiger partial charge in [-0.1, -0.05) is 56.8 Å². The standard InChI is InChI=1S/C22H26N4O3S/c1-22(2,3)17-9-11-18(12-10-17)29-13-19-24-25-21(26(19)23)30-14-15-5-7-16(8-6-15)20(27)28-4/h5-12H,13-14,23H2,1-4H3. The SMILES string of the molecule is COC(=O)c1ccc(CSc2nnc(COc3ccc(C(C)(C)C)cc3)n2N)cc1. The Morgan fingerprint density at radius 2 is 1.73 bits per heavy atom. The van der Waals surface area contributed by atoms with Gasteiger partial charge in [-0.2, -0.15) is 0 Å². The van der Waals surface area contributed by atoms with Gasteiger partial charge in [0.1, 0.15) is 12.4 Å². The lowest BCUT2D eigenvalue weighted by Gasteiger charge is -2.19. The summed E-state index contributed by atoms with van der Waals surface area (Å²) >= 11 is 1.46. The first kappa shape index (κ1) is 21.7. The molecule has 3 aromatic rings. The van der Waals surface area contributed by atoms with Crippen molar-refractivity contribution >= 4 is 17.7 Å². The van der Waals surface area contributed by atoms with Crippen molar-refractivity contribution in [3.63, 3.8) is 0 Å². The Hall–Kier alpha value is -3.00. The molecule has 0 bridgehead atoms. The molecule has 0 aliphatic rings. The van der Waals surface area contributed by atoms with Crippen molar-refractivity contribution in [2.75, 3.05) is 13.0 Å². The molecule has 0 aliphatic carbocycles. The van der Waals surface area contributed by atoms with Crippen molar-refractivity contribution in [1.29, 1.82) is 0 Å². The van der Waals surface area contributed by atoms with Crippen LogP contribution in [0, 0.1) is 0 Å². The molecule has 158 valence electrons. The van der Waals surface area contributed by atoms with Gasteiger partial charge >= 0.3 is 5.97 Å². The van der Waals surface area contributed by atoms with Crippen LogP contribution in [0.15, 0.2) is 53.7 Å². The van der Waals surface area contributed by atoms with Gasteiger partial charge in [-0.3, -0.25) is 0 Å². The van der Waals surface area contributed by atoms with Crippen LogP contribution < -0.4 is 10.6 Å². The van der Waals surface area contributed by atoms with Crippen molar-refractivity contribution in [2.24, 2.45) is 0 Å². The number of ether oxygens (including phenoxy) is 2. The van der Waals surface area contributed by atoms with Gasteiger partial charge in [-0.25, -0.2) is 9.47 Å². The number of nitrogen functional groups attached to an aromatic ring is 1. The second kappa shape index (κ2) is 9.21. The maximum absolute atomic E-state index is 11.5. The highest BCUT2D eigenvalue weighted by atomic mass is 32.2. The van der Waals surface area contributed by atoms with Crippen molar-refractivity contribution in [3.8, 4) is 5.75 Å². The average Bonchev–Trinajstić information content (AvgIpc) is 3.09. The Labute approximate surface area is 180 Å². The lowest BCUT2D eigenvalue weighted by molar-refractivity contribution is 0.0600. The van der Waals surface area contributed by atoms with E-state index in [-0.39, 0.29) is 18.0 Å². The van der Waals surface area contributed by atoms with Gasteiger partial charge in [-0.05, 0) is 40.8 Å². The molecule has 0 unspecified atom stereocenters. The molecule has 7 nitrogen and oxygen atoms in total. The fraction of sp³-hybridized carbons (Fsp3) is 0.318. The topological polar surface area (TPSA) is 92.3 Å². The van der Waals surface area contributed by atoms with E-state index in [1.807, 2.05) is 24.3 Å². The van der Waals surface area contributed by atoms with Crippen LogP contribution in [-0.4, -0.2) is 28.0 Å². The summed E-state index contributed by atoms with van der Waals surface area (Å²) in [7, 11) is 1.36. The first-order valence-electron chi connectivity index (χ1n) is 9.50. The molecule has 0 amide bonds. The van der Waals surface area contributed by atoms with Crippen LogP contribution in [0.2, 0.25) is 0 Å². The number of rotatable bonds is 7. The second-order valence-corrected chi connectivity index (χ2v) is 8.75. The van der Waals surface area contributed by atoms with E-state index in [0.29, 0.717) is 22.3 Å². The van der Waals surface area contributed by atoms with Crippen LogP contribution in [0.5, 0.6) is 5.75 Å². The second-order valence-electron chi connectivity index (χ2n) is 7.81. The average molecular weight is 427 g/mol. The minimum absolute atomic E-state index is 0.0989. The predicted molar refractivity (Wildman–Crippen MR) is 117 cm³/mol. The van der Waals surface area contributed by atoms with E-state index in [2.05, 4.69) is 43.1 Å². The highest BCUT2D eigenvalue weighted by molar-refractivity contribution is 7.98. The van der Waals surface area contributed by atoms with E-state index in [4.69, 9.17) is 15.3 Å². The number of carbonyl (C=O) groups is 1. The Balaban J connectivity index is 1.56. The smallest absolute Gasteiger partial charge is 0.337 e. The van der Waals surface area contributed by atoms with Gasteiger partial charge in [0, 0.05) is 5.75 Å². The number of methoxy groups -OCH3 is 1. The minimum atomic E-state index is -0.353. The summed E-state index contributed by atoms with van der Waals surface area (Å²) in [6, 6.07) is 15.3. The summed E-state index contributed by atoms with van der Waals surface area (Å²) in [6.45, 7) is 6.75. The summed E-state index contributed by atoms with van der Waals surface area (Å²) in [4.78, 5) is 11.5. The Kier molecular flexibility index (Phi) is 6.66. The van der Waals surface area contributed by atoms with E-state index in [1.165, 1.54) is 29.1 Å². The molecular weight excluding hydrogens is 400 g/mol. The summed E-state index contributed by atoms with van der Waals surface area (Å²) < 4.78 is 12.0. The molecule has 2 N–H and O–H groups in total. The van der Waals surface area contributed by atoms with Crippen LogP contribution in [0.4, 0.5) is 0 Å². The maximum Gasteiger partial charge on any atom is 0.337 e. The van der Waals surface area contributed by atoms with Gasteiger partial charge in [0.15, 0.2) is 5.82 Å². The summed E-state index contributed by atoms with van der Waals surface area (Å²) in [5.74, 6) is 7.71. The van der Waals surface area contributed by atoms with E-state index >= 15 is 0 Å². The molecule has 0 saturated carbocycles. The zero-order valence-corrected chi connectivity index (χ0v) is 18.4. The molecule has 1 heterocycles. The van der Waals surface area contributed by atoms with Crippen LogP contribution >= 0.6 is 11.8 Å². The summed E-state index contributed by atoms with van der Waals surface area (Å²) in [6.07, 6.45) is 0. The number of carbonyl (C=O) groups excluding carboxylic acids is 1.